The molecule has 0 bridgehead atoms. The van der Waals surface area contributed by atoms with Crippen LogP contribution >= 0.6 is 0 Å². The number of benzene rings is 1. The van der Waals surface area contributed by atoms with Crippen LogP contribution in [-0.4, -0.2) is 79.2 Å². The molecule has 0 radical (unpaired) electrons. The van der Waals surface area contributed by atoms with Gasteiger partial charge >= 0.3 is 5.97 Å². The van der Waals surface area contributed by atoms with Crippen LogP contribution in [0.3, 0.4) is 0 Å². The van der Waals surface area contributed by atoms with E-state index in [1.54, 1.807) is 35.2 Å². The van der Waals surface area contributed by atoms with E-state index in [2.05, 4.69) is 20.1 Å². The van der Waals surface area contributed by atoms with Gasteiger partial charge in [0.05, 0.1) is 35.6 Å². The van der Waals surface area contributed by atoms with Crippen molar-refractivity contribution in [3.63, 3.8) is 0 Å². The number of nitrogens with two attached hydrogens (primary N) is 1. The largest absolute Gasteiger partial charge is 0.479 e. The molecule has 39 heavy (non-hydrogen) atoms. The van der Waals surface area contributed by atoms with Crippen molar-refractivity contribution in [1.82, 2.24) is 29.3 Å². The predicted octanol–water partition coefficient (Wildman–Crippen LogP) is 2.73. The first-order valence-electron chi connectivity index (χ1n) is 12.6. The van der Waals surface area contributed by atoms with E-state index in [0.717, 1.165) is 30.5 Å². The average Bonchev–Trinajstić information content (AvgIpc) is 3.68. The van der Waals surface area contributed by atoms with Crippen molar-refractivity contribution in [2.24, 2.45) is 0 Å². The molecule has 5 heterocycles. The number of carboxylic acid groups (broad SMARTS) is 1. The lowest BCUT2D eigenvalue weighted by molar-refractivity contribution is -0.144. The minimum absolute atomic E-state index is 0.191. The zero-order chi connectivity index (χ0) is 27.1. The topological polar surface area (TPSA) is 140 Å². The van der Waals surface area contributed by atoms with E-state index < -0.39 is 17.9 Å². The molecule has 202 valence electrons. The number of hydrogen-bond donors (Lipinski definition) is 2. The summed E-state index contributed by atoms with van der Waals surface area (Å²) in [5.41, 5.74) is 8.85. The second-order valence-electron chi connectivity index (χ2n) is 9.42. The predicted molar refractivity (Wildman–Crippen MR) is 141 cm³/mol. The SMILES string of the molecule is C[C@@H](Oc1ccc(N2CCN(CCn3ncc4c3nc(N)n3nc(-c5ccco5)cc43)CC2)c(F)c1)C(=O)O. The van der Waals surface area contributed by atoms with E-state index in [1.165, 1.54) is 13.0 Å². The lowest BCUT2D eigenvalue weighted by Gasteiger charge is -2.36. The van der Waals surface area contributed by atoms with E-state index in [-0.39, 0.29) is 11.7 Å². The summed E-state index contributed by atoms with van der Waals surface area (Å²) in [6.45, 7) is 5.58. The molecule has 0 aliphatic carbocycles. The molecule has 0 unspecified atom stereocenters. The molecule has 1 aliphatic rings. The molecule has 6 rings (SSSR count). The Hall–Kier alpha value is -4.65. The number of carbonyl (C=O) groups is 1. The Kier molecular flexibility index (Phi) is 6.27. The Bertz CT molecular complexity index is 1640. The fraction of sp³-hybridized carbons (Fsp3) is 0.308. The van der Waals surface area contributed by atoms with Crippen LogP contribution < -0.4 is 15.4 Å². The van der Waals surface area contributed by atoms with Gasteiger partial charge in [0.25, 0.3) is 0 Å². The van der Waals surface area contributed by atoms with Crippen LogP contribution in [0.2, 0.25) is 0 Å². The number of hydrogen-bond acceptors (Lipinski definition) is 9. The van der Waals surface area contributed by atoms with Crippen LogP contribution in [0.25, 0.3) is 28.0 Å². The van der Waals surface area contributed by atoms with Crippen LogP contribution in [0.5, 0.6) is 5.75 Å². The molecule has 1 aliphatic heterocycles. The Morgan fingerprint density at radius 1 is 1.21 bits per heavy atom. The Balaban J connectivity index is 1.10. The van der Waals surface area contributed by atoms with Gasteiger partial charge in [-0.15, -0.1) is 0 Å². The van der Waals surface area contributed by atoms with E-state index in [0.29, 0.717) is 42.4 Å². The fourth-order valence-corrected chi connectivity index (χ4v) is 4.81. The molecule has 4 aromatic heterocycles. The van der Waals surface area contributed by atoms with Crippen molar-refractivity contribution >= 4 is 34.2 Å². The maximum atomic E-state index is 14.8. The summed E-state index contributed by atoms with van der Waals surface area (Å²) in [6.07, 6.45) is 2.32. The molecule has 5 aromatic rings. The van der Waals surface area contributed by atoms with Crippen LogP contribution in [0.15, 0.2) is 53.3 Å². The Morgan fingerprint density at radius 3 is 2.74 bits per heavy atom. The van der Waals surface area contributed by atoms with Crippen LogP contribution in [0.1, 0.15) is 6.92 Å². The highest BCUT2D eigenvalue weighted by atomic mass is 19.1. The third-order valence-corrected chi connectivity index (χ3v) is 6.93. The van der Waals surface area contributed by atoms with Gasteiger partial charge in [-0.1, -0.05) is 0 Å². The molecule has 1 saturated heterocycles. The molecule has 3 N–H and O–H groups in total. The van der Waals surface area contributed by atoms with Crippen LogP contribution in [-0.2, 0) is 11.3 Å². The van der Waals surface area contributed by atoms with Crippen molar-refractivity contribution in [3.8, 4) is 17.2 Å². The monoisotopic (exact) mass is 534 g/mol. The second-order valence-corrected chi connectivity index (χ2v) is 9.42. The van der Waals surface area contributed by atoms with Gasteiger partial charge in [-0.3, -0.25) is 4.90 Å². The maximum absolute atomic E-state index is 14.8. The first kappa shape index (κ1) is 24.7. The molecule has 1 atom stereocenters. The van der Waals surface area contributed by atoms with Crippen molar-refractivity contribution in [1.29, 1.82) is 0 Å². The number of furan rings is 1. The molecule has 0 spiro atoms. The molecule has 0 saturated carbocycles. The molecule has 0 amide bonds. The standard InChI is InChI=1S/C26H27FN8O4/c1-16(25(36)37)39-17-4-5-21(19(27)13-17)33-9-6-32(7-10-33)8-11-34-24-18(15-29-34)22-14-20(23-3-2-12-38-23)31-35(22)26(28)30-24/h2-5,12-16H,6-11H2,1H3,(H2,28,30)(H,36,37)/t16-/m1/s1. The van der Waals surface area contributed by atoms with Crippen molar-refractivity contribution in [2.45, 2.75) is 19.6 Å². The quantitative estimate of drug-likeness (QED) is 0.305. The maximum Gasteiger partial charge on any atom is 0.344 e. The van der Waals surface area contributed by atoms with Gasteiger partial charge in [-0.25, -0.2) is 13.9 Å². The molecule has 12 nitrogen and oxygen atoms in total. The summed E-state index contributed by atoms with van der Waals surface area (Å²) in [5, 5.41) is 18.9. The van der Waals surface area contributed by atoms with Gasteiger partial charge in [0, 0.05) is 38.8 Å². The number of nitrogens with zero attached hydrogens (tertiary/aromatic N) is 7. The first-order valence-corrected chi connectivity index (χ1v) is 12.6. The molecule has 1 aromatic carbocycles. The van der Waals surface area contributed by atoms with Crippen molar-refractivity contribution in [2.75, 3.05) is 43.4 Å². The number of carboxylic acids is 1. The third-order valence-electron chi connectivity index (χ3n) is 6.93. The molecule has 13 heteroatoms. The Labute approximate surface area is 222 Å². The minimum Gasteiger partial charge on any atom is -0.479 e. The number of aliphatic carboxylic acids is 1. The number of ether oxygens (including phenoxy) is 1. The number of anilines is 2. The van der Waals surface area contributed by atoms with Gasteiger partial charge in [-0.2, -0.15) is 19.7 Å². The highest BCUT2D eigenvalue weighted by molar-refractivity contribution is 5.93. The van der Waals surface area contributed by atoms with E-state index >= 15 is 0 Å². The minimum atomic E-state index is -1.10. The number of halogens is 1. The van der Waals surface area contributed by atoms with Crippen molar-refractivity contribution in [3.05, 3.63) is 54.7 Å². The highest BCUT2D eigenvalue weighted by Gasteiger charge is 2.22. The van der Waals surface area contributed by atoms with Gasteiger partial charge in [0.15, 0.2) is 17.5 Å². The molecule has 1 fully saturated rings. The van der Waals surface area contributed by atoms with Crippen LogP contribution in [0, 0.1) is 5.82 Å². The molecular formula is C26H27FN8O4. The van der Waals surface area contributed by atoms with E-state index in [9.17, 15) is 9.18 Å². The summed E-state index contributed by atoms with van der Waals surface area (Å²) in [4.78, 5) is 19.8. The summed E-state index contributed by atoms with van der Waals surface area (Å²) in [7, 11) is 0. The first-order chi connectivity index (χ1) is 18.9. The highest BCUT2D eigenvalue weighted by Crippen LogP contribution is 2.28. The normalized spacial score (nSPS) is 15.3. The zero-order valence-corrected chi connectivity index (χ0v) is 21.2. The summed E-state index contributed by atoms with van der Waals surface area (Å²) in [5.74, 6) is -0.439. The van der Waals surface area contributed by atoms with E-state index in [4.69, 9.17) is 20.0 Å². The Morgan fingerprint density at radius 2 is 2.03 bits per heavy atom. The second kappa shape index (κ2) is 9.91. The lowest BCUT2D eigenvalue weighted by Crippen LogP contribution is -2.47. The average molecular weight is 535 g/mol. The smallest absolute Gasteiger partial charge is 0.344 e. The number of nitrogen functional groups attached to an aromatic ring is 1. The molecular weight excluding hydrogens is 507 g/mol. The number of aromatic nitrogens is 5. The summed E-state index contributed by atoms with van der Waals surface area (Å²) >= 11 is 0. The zero-order valence-electron chi connectivity index (χ0n) is 21.2. The van der Waals surface area contributed by atoms with E-state index in [1.807, 2.05) is 21.7 Å². The lowest BCUT2D eigenvalue weighted by atomic mass is 10.2. The van der Waals surface area contributed by atoms with Crippen molar-refractivity contribution < 1.29 is 23.4 Å². The summed E-state index contributed by atoms with van der Waals surface area (Å²) < 4.78 is 28.9. The number of rotatable bonds is 8. The van der Waals surface area contributed by atoms with Crippen LogP contribution in [0.4, 0.5) is 16.0 Å². The van der Waals surface area contributed by atoms with Gasteiger partial charge in [-0.05, 0) is 37.3 Å². The fourth-order valence-electron chi connectivity index (χ4n) is 4.81. The van der Waals surface area contributed by atoms with Gasteiger partial charge in [0.2, 0.25) is 5.95 Å². The van der Waals surface area contributed by atoms with Gasteiger partial charge in [0.1, 0.15) is 17.3 Å². The number of piperazine rings is 1. The number of fused-ring (bicyclic) bond motifs is 3. The third kappa shape index (κ3) is 4.72. The summed E-state index contributed by atoms with van der Waals surface area (Å²) in [6, 6.07) is 10.0. The van der Waals surface area contributed by atoms with Gasteiger partial charge < -0.3 is 24.9 Å².